The summed E-state index contributed by atoms with van der Waals surface area (Å²) in [6, 6.07) is 0. The van der Waals surface area contributed by atoms with Crippen LogP contribution >= 0.6 is 15.2 Å². The highest BCUT2D eigenvalue weighted by Gasteiger charge is 2.52. The van der Waals surface area contributed by atoms with Crippen molar-refractivity contribution in [2.24, 2.45) is 0 Å². The molecule has 0 spiro atoms. The van der Waals surface area contributed by atoms with Gasteiger partial charge in [-0.25, -0.2) is 9.59 Å². The van der Waals surface area contributed by atoms with Gasteiger partial charge in [-0.1, -0.05) is 0 Å². The number of esters is 2. The Kier molecular flexibility index (Phi) is 6.29. The smallest absolute Gasteiger partial charge is 0.402 e. The molecule has 0 heterocycles. The Bertz CT molecular complexity index is 488. The van der Waals surface area contributed by atoms with Crippen molar-refractivity contribution in [3.05, 3.63) is 0 Å². The summed E-state index contributed by atoms with van der Waals surface area (Å²) in [6.45, 7) is -2.74. The second kappa shape index (κ2) is 6.60. The molecule has 2 N–H and O–H groups in total. The number of ether oxygens (including phenoxy) is 2. The molecule has 0 fully saturated rings. The van der Waals surface area contributed by atoms with Crippen LogP contribution in [0.2, 0.25) is 0 Å². The molecule has 0 amide bonds. The predicted octanol–water partition coefficient (Wildman–Crippen LogP) is -1.65. The highest BCUT2D eigenvalue weighted by atomic mass is 31.2. The molecule has 0 aromatic carbocycles. The number of rotatable bonds is 7. The van der Waals surface area contributed by atoms with Gasteiger partial charge in [-0.2, -0.15) is 17.6 Å². The molecule has 22 heavy (non-hydrogen) atoms. The summed E-state index contributed by atoms with van der Waals surface area (Å²) in [6.07, 6.45) is 0. The maximum absolute atomic E-state index is 12.6. The third-order valence-electron chi connectivity index (χ3n) is 1.75. The average molecular weight is 376 g/mol. The molecule has 130 valence electrons. The van der Waals surface area contributed by atoms with Crippen LogP contribution in [-0.2, 0) is 28.2 Å². The first-order valence-electron chi connectivity index (χ1n) is 4.73. The standard InChI is InChI=1S/C6H8F4O10P2/c7-5(8,21(13,14)15)3(11)19-1-2-20-4(12)6(9,10)22(16,17)18/h1-2H2,(H2,13,14,15)(H2,16,17,18)/p-2. The quantitative estimate of drug-likeness (QED) is 0.227. The second-order valence-electron chi connectivity index (χ2n) is 3.40. The second-order valence-corrected chi connectivity index (χ2v) is 6.60. The number of carbonyl (C=O) groups is 2. The van der Waals surface area contributed by atoms with Crippen LogP contribution in [0.5, 0.6) is 0 Å². The predicted molar refractivity (Wildman–Crippen MR) is 51.5 cm³/mol. The van der Waals surface area contributed by atoms with Gasteiger partial charge in [0.15, 0.2) is 0 Å². The summed E-state index contributed by atoms with van der Waals surface area (Å²) in [5, 5.41) is 0. The highest BCUT2D eigenvalue weighted by Crippen LogP contribution is 2.50. The highest BCUT2D eigenvalue weighted by molar-refractivity contribution is 7.53. The minimum Gasteiger partial charge on any atom is -0.774 e. The lowest BCUT2D eigenvalue weighted by Crippen LogP contribution is -2.37. The van der Waals surface area contributed by atoms with Crippen LogP contribution in [0, 0.1) is 0 Å². The lowest BCUT2D eigenvalue weighted by atomic mass is 10.6. The zero-order chi connectivity index (χ0) is 18.0. The lowest BCUT2D eigenvalue weighted by Gasteiger charge is -2.25. The molecule has 0 aliphatic rings. The third kappa shape index (κ3) is 4.73. The van der Waals surface area contributed by atoms with E-state index >= 15 is 0 Å². The zero-order valence-corrected chi connectivity index (χ0v) is 11.8. The van der Waals surface area contributed by atoms with Crippen molar-refractivity contribution in [3.63, 3.8) is 0 Å². The molecule has 0 rings (SSSR count). The summed E-state index contributed by atoms with van der Waals surface area (Å²) in [4.78, 5) is 57.5. The molecule has 10 nitrogen and oxygen atoms in total. The Balaban J connectivity index is 4.48. The summed E-state index contributed by atoms with van der Waals surface area (Å²) in [5.74, 6) is -5.57. The van der Waals surface area contributed by atoms with Gasteiger partial charge in [0, 0.05) is 0 Å². The first kappa shape index (κ1) is 21.0. The van der Waals surface area contributed by atoms with Gasteiger partial charge in [0.1, 0.15) is 13.2 Å². The van der Waals surface area contributed by atoms with Crippen LogP contribution in [0.4, 0.5) is 17.6 Å². The number of hydrogen-bond acceptors (Lipinski definition) is 8. The first-order chi connectivity index (χ1) is 9.55. The van der Waals surface area contributed by atoms with E-state index in [0.29, 0.717) is 0 Å². The van der Waals surface area contributed by atoms with Gasteiger partial charge in [0.2, 0.25) is 15.2 Å². The van der Waals surface area contributed by atoms with E-state index in [0.717, 1.165) is 0 Å². The van der Waals surface area contributed by atoms with E-state index < -0.39 is 51.7 Å². The van der Waals surface area contributed by atoms with Gasteiger partial charge in [0.05, 0.1) is 0 Å². The van der Waals surface area contributed by atoms with Crippen molar-refractivity contribution in [1.82, 2.24) is 0 Å². The van der Waals surface area contributed by atoms with Crippen LogP contribution in [-0.4, -0.2) is 46.3 Å². The molecule has 0 saturated carbocycles. The average Bonchev–Trinajstić information content (AvgIpc) is 2.30. The fourth-order valence-electron chi connectivity index (χ4n) is 0.673. The van der Waals surface area contributed by atoms with Crippen molar-refractivity contribution in [2.75, 3.05) is 13.2 Å². The Morgan fingerprint density at radius 2 is 1.09 bits per heavy atom. The van der Waals surface area contributed by atoms with E-state index in [9.17, 15) is 46.1 Å². The van der Waals surface area contributed by atoms with Crippen LogP contribution < -0.4 is 9.79 Å². The van der Waals surface area contributed by atoms with Crippen molar-refractivity contribution >= 4 is 27.1 Å². The maximum Gasteiger partial charge on any atom is 0.402 e. The van der Waals surface area contributed by atoms with E-state index in [1.807, 2.05) is 0 Å². The molecular weight excluding hydrogens is 370 g/mol. The number of alkyl halides is 4. The van der Waals surface area contributed by atoms with E-state index in [4.69, 9.17) is 9.79 Å². The Morgan fingerprint density at radius 3 is 1.27 bits per heavy atom. The van der Waals surface area contributed by atoms with Crippen LogP contribution in [0.1, 0.15) is 0 Å². The van der Waals surface area contributed by atoms with Gasteiger partial charge in [-0.05, 0) is 0 Å². The Labute approximate surface area is 118 Å². The summed E-state index contributed by atoms with van der Waals surface area (Å²) in [7, 11) is -12.9. The van der Waals surface area contributed by atoms with Crippen molar-refractivity contribution in [3.8, 4) is 0 Å². The summed E-state index contributed by atoms with van der Waals surface area (Å²) >= 11 is 0. The van der Waals surface area contributed by atoms with E-state index in [2.05, 4.69) is 9.47 Å². The Hall–Kier alpha value is -1.04. The van der Waals surface area contributed by atoms with Crippen LogP contribution in [0.25, 0.3) is 0 Å². The first-order valence-corrected chi connectivity index (χ1v) is 7.88. The van der Waals surface area contributed by atoms with Gasteiger partial charge in [-0.3, -0.25) is 0 Å². The van der Waals surface area contributed by atoms with Crippen molar-refractivity contribution < 1.29 is 65.3 Å². The molecule has 2 atom stereocenters. The monoisotopic (exact) mass is 376 g/mol. The zero-order valence-electron chi connectivity index (χ0n) is 9.98. The van der Waals surface area contributed by atoms with Gasteiger partial charge < -0.3 is 38.2 Å². The summed E-state index contributed by atoms with van der Waals surface area (Å²) < 4.78 is 77.8. The molecule has 0 aliphatic heterocycles. The number of halogens is 4. The van der Waals surface area contributed by atoms with Crippen molar-refractivity contribution in [1.29, 1.82) is 0 Å². The van der Waals surface area contributed by atoms with Crippen LogP contribution in [0.3, 0.4) is 0 Å². The number of carbonyl (C=O) groups excluding carboxylic acids is 2. The molecule has 0 aromatic heterocycles. The Morgan fingerprint density at radius 1 is 0.864 bits per heavy atom. The molecule has 0 aliphatic carbocycles. The van der Waals surface area contributed by atoms with Crippen LogP contribution in [0.15, 0.2) is 0 Å². The molecule has 0 bridgehead atoms. The van der Waals surface area contributed by atoms with E-state index in [1.54, 1.807) is 0 Å². The van der Waals surface area contributed by atoms with Gasteiger partial charge >= 0.3 is 23.3 Å². The molecule has 16 heteroatoms. The van der Waals surface area contributed by atoms with E-state index in [-0.39, 0.29) is 0 Å². The fourth-order valence-corrected chi connectivity index (χ4v) is 1.26. The molecule has 0 saturated heterocycles. The SMILES string of the molecule is O=C(OCCOC(=O)C(F)(F)P(=O)([O-])O)C(F)(F)P(=O)([O-])O. The molecule has 0 radical (unpaired) electrons. The molecule has 0 aromatic rings. The lowest BCUT2D eigenvalue weighted by molar-refractivity contribution is -0.223. The van der Waals surface area contributed by atoms with Gasteiger partial charge in [-0.15, -0.1) is 0 Å². The fraction of sp³-hybridized carbons (Fsp3) is 0.667. The molecule has 2 unspecified atom stereocenters. The maximum atomic E-state index is 12.6. The number of hydrogen-bond donors (Lipinski definition) is 2. The minimum absolute atomic E-state index is 1.37. The molecular formula is C6H6F4O10P2-2. The van der Waals surface area contributed by atoms with Gasteiger partial charge in [0.25, 0.3) is 0 Å². The largest absolute Gasteiger partial charge is 0.774 e. The summed E-state index contributed by atoms with van der Waals surface area (Å²) in [5.41, 5.74) is -10.6. The topological polar surface area (TPSA) is 173 Å². The third-order valence-corrected chi connectivity index (χ3v) is 3.54. The minimum atomic E-state index is -6.44. The normalized spacial score (nSPS) is 18.0. The van der Waals surface area contributed by atoms with E-state index in [1.165, 1.54) is 0 Å². The van der Waals surface area contributed by atoms with Crippen molar-refractivity contribution in [2.45, 2.75) is 11.3 Å².